The van der Waals surface area contributed by atoms with Gasteiger partial charge < -0.3 is 9.47 Å². The van der Waals surface area contributed by atoms with Crippen LogP contribution in [0.2, 0.25) is 0 Å². The molecule has 6 nitrogen and oxygen atoms in total. The van der Waals surface area contributed by atoms with E-state index in [0.717, 1.165) is 6.26 Å². The number of rotatable bonds is 3. The molecule has 0 amide bonds. The van der Waals surface area contributed by atoms with E-state index in [-0.39, 0.29) is 5.17 Å². The summed E-state index contributed by atoms with van der Waals surface area (Å²) < 4.78 is 37.0. The first-order valence-corrected chi connectivity index (χ1v) is 7.12. The molecule has 0 saturated carbocycles. The van der Waals surface area contributed by atoms with Crippen LogP contribution in [0.4, 0.5) is 0 Å². The van der Waals surface area contributed by atoms with Crippen molar-refractivity contribution in [2.45, 2.75) is 45.2 Å². The average molecular weight is 286 g/mol. The molecule has 0 aromatic rings. The number of ether oxygens (including phenoxy) is 2. The van der Waals surface area contributed by atoms with Crippen LogP contribution in [0, 0.1) is 0 Å². The van der Waals surface area contributed by atoms with E-state index in [1.165, 1.54) is 0 Å². The van der Waals surface area contributed by atoms with Gasteiger partial charge in [-0.15, -0.1) is 0 Å². The van der Waals surface area contributed by atoms with Gasteiger partial charge >= 0.3 is 10.1 Å². The number of hydrogen-bond donors (Lipinski definition) is 0. The molecule has 1 aliphatic heterocycles. The van der Waals surface area contributed by atoms with E-state index < -0.39 is 27.6 Å². The van der Waals surface area contributed by atoms with E-state index in [1.54, 1.807) is 27.7 Å². The minimum absolute atomic E-state index is 0.106. The molecule has 1 heterocycles. The molecule has 0 unspecified atom stereocenters. The molecule has 1 saturated heterocycles. The van der Waals surface area contributed by atoms with E-state index in [4.69, 9.17) is 21.1 Å². The lowest BCUT2D eigenvalue weighted by molar-refractivity contribution is -0.155. The van der Waals surface area contributed by atoms with Crippen LogP contribution in [0.25, 0.3) is 0 Å². The van der Waals surface area contributed by atoms with Crippen LogP contribution in [-0.2, 0) is 23.9 Å². The van der Waals surface area contributed by atoms with Gasteiger partial charge in [0.05, 0.1) is 11.9 Å². The van der Waals surface area contributed by atoms with Crippen LogP contribution in [0.15, 0.2) is 5.16 Å². The van der Waals surface area contributed by atoms with Crippen LogP contribution < -0.4 is 0 Å². The monoisotopic (exact) mass is 285 g/mol. The van der Waals surface area contributed by atoms with E-state index in [1.807, 2.05) is 0 Å². The molecule has 0 N–H and O–H groups in total. The van der Waals surface area contributed by atoms with E-state index >= 15 is 0 Å². The van der Waals surface area contributed by atoms with Crippen LogP contribution in [0.1, 0.15) is 27.7 Å². The van der Waals surface area contributed by atoms with E-state index in [0.29, 0.717) is 0 Å². The summed E-state index contributed by atoms with van der Waals surface area (Å²) in [5.41, 5.74) is -0.717. The van der Waals surface area contributed by atoms with Crippen molar-refractivity contribution in [2.24, 2.45) is 5.16 Å². The van der Waals surface area contributed by atoms with Gasteiger partial charge in [0.1, 0.15) is 6.10 Å². The smallest absolute Gasteiger partial charge is 0.325 e. The Labute approximate surface area is 106 Å². The standard InChI is InChI=1S/C9H16ClNO5S/c1-8(2)6(14-9(3,4)15-8)7(10)11-16-17(5,12)13/h6H,1-5H3/t6-/m0/s1. The van der Waals surface area contributed by atoms with Crippen LogP contribution in [0.3, 0.4) is 0 Å². The summed E-state index contributed by atoms with van der Waals surface area (Å²) in [6.07, 6.45) is 0.197. The molecule has 1 atom stereocenters. The maximum absolute atomic E-state index is 10.8. The summed E-state index contributed by atoms with van der Waals surface area (Å²) in [6.45, 7) is 7.00. The van der Waals surface area contributed by atoms with Gasteiger partial charge in [0.25, 0.3) is 0 Å². The fourth-order valence-electron chi connectivity index (χ4n) is 1.62. The molecule has 100 valence electrons. The third-order valence-electron chi connectivity index (χ3n) is 2.02. The van der Waals surface area contributed by atoms with Gasteiger partial charge in [-0.25, -0.2) is 0 Å². The topological polar surface area (TPSA) is 74.2 Å². The summed E-state index contributed by atoms with van der Waals surface area (Å²) >= 11 is 5.86. The van der Waals surface area contributed by atoms with Crippen LogP contribution in [0.5, 0.6) is 0 Å². The molecule has 0 aliphatic carbocycles. The van der Waals surface area contributed by atoms with Crippen molar-refractivity contribution in [2.75, 3.05) is 6.26 Å². The fraction of sp³-hybridized carbons (Fsp3) is 0.889. The van der Waals surface area contributed by atoms with E-state index in [9.17, 15) is 8.42 Å². The number of hydrogen-bond acceptors (Lipinski definition) is 6. The Morgan fingerprint density at radius 3 is 2.24 bits per heavy atom. The van der Waals surface area contributed by atoms with Gasteiger partial charge in [-0.3, -0.25) is 4.28 Å². The highest BCUT2D eigenvalue weighted by Gasteiger charge is 2.49. The molecular formula is C9H16ClNO5S. The zero-order valence-electron chi connectivity index (χ0n) is 10.4. The number of halogens is 1. The number of oxime groups is 1. The second-order valence-corrected chi connectivity index (χ2v) is 6.74. The highest BCUT2D eigenvalue weighted by molar-refractivity contribution is 7.85. The highest BCUT2D eigenvalue weighted by Crippen LogP contribution is 2.37. The Morgan fingerprint density at radius 1 is 1.35 bits per heavy atom. The normalized spacial score (nSPS) is 28.1. The summed E-state index contributed by atoms with van der Waals surface area (Å²) in [6, 6.07) is 0. The maximum Gasteiger partial charge on any atom is 0.325 e. The van der Waals surface area contributed by atoms with E-state index in [2.05, 4.69) is 9.44 Å². The molecule has 0 bridgehead atoms. The van der Waals surface area contributed by atoms with Gasteiger partial charge in [0.2, 0.25) is 0 Å². The third-order valence-corrected chi connectivity index (χ3v) is 2.63. The summed E-state index contributed by atoms with van der Waals surface area (Å²) in [4.78, 5) is 0. The Bertz CT molecular complexity index is 429. The quantitative estimate of drug-likeness (QED) is 0.579. The maximum atomic E-state index is 10.8. The SMILES string of the molecule is CC1(C)O[C@@H](C(Cl)=NOS(C)(=O)=O)C(C)(C)O1. The second kappa shape index (κ2) is 4.38. The summed E-state index contributed by atoms with van der Waals surface area (Å²) in [7, 11) is -3.68. The molecule has 0 aromatic carbocycles. The second-order valence-electron chi connectivity index (χ2n) is 4.80. The first kappa shape index (κ1) is 14.7. The van der Waals surface area contributed by atoms with Gasteiger partial charge in [-0.2, -0.15) is 8.42 Å². The lowest BCUT2D eigenvalue weighted by Gasteiger charge is -2.22. The molecular weight excluding hydrogens is 270 g/mol. The van der Waals surface area contributed by atoms with Crippen molar-refractivity contribution in [3.8, 4) is 0 Å². The lowest BCUT2D eigenvalue weighted by atomic mass is 10.0. The molecule has 1 rings (SSSR count). The van der Waals surface area contributed by atoms with Gasteiger partial charge in [-0.05, 0) is 27.7 Å². The Kier molecular flexibility index (Phi) is 3.79. The van der Waals surface area contributed by atoms with Crippen molar-refractivity contribution in [1.29, 1.82) is 0 Å². The van der Waals surface area contributed by atoms with Crippen LogP contribution >= 0.6 is 11.6 Å². The molecule has 17 heavy (non-hydrogen) atoms. The molecule has 8 heteroatoms. The zero-order valence-corrected chi connectivity index (χ0v) is 11.9. The zero-order chi connectivity index (χ0) is 13.5. The molecule has 0 aromatic heterocycles. The Hall–Kier alpha value is -0.370. The van der Waals surface area contributed by atoms with Crippen molar-refractivity contribution in [1.82, 2.24) is 0 Å². The van der Waals surface area contributed by atoms with Crippen molar-refractivity contribution in [3.63, 3.8) is 0 Å². The Morgan fingerprint density at radius 2 is 1.88 bits per heavy atom. The fourth-order valence-corrected chi connectivity index (χ4v) is 2.22. The van der Waals surface area contributed by atoms with Crippen molar-refractivity contribution < 1.29 is 22.2 Å². The van der Waals surface area contributed by atoms with Crippen molar-refractivity contribution >= 4 is 26.9 Å². The minimum atomic E-state index is -3.68. The first-order chi connectivity index (χ1) is 7.43. The predicted molar refractivity (Wildman–Crippen MR) is 63.3 cm³/mol. The Balaban J connectivity index is 2.87. The highest BCUT2D eigenvalue weighted by atomic mass is 35.5. The summed E-state index contributed by atoms with van der Waals surface area (Å²) in [5, 5.41) is 3.22. The van der Waals surface area contributed by atoms with Crippen LogP contribution in [-0.4, -0.2) is 37.3 Å². The largest absolute Gasteiger partial charge is 0.341 e. The molecule has 0 spiro atoms. The lowest BCUT2D eigenvalue weighted by Crippen LogP contribution is -2.37. The number of nitrogens with zero attached hydrogens (tertiary/aromatic N) is 1. The van der Waals surface area contributed by atoms with Gasteiger partial charge in [0, 0.05) is 0 Å². The third kappa shape index (κ3) is 4.09. The molecule has 0 radical (unpaired) electrons. The van der Waals surface area contributed by atoms with Gasteiger partial charge in [-0.1, -0.05) is 16.8 Å². The molecule has 1 aliphatic rings. The van der Waals surface area contributed by atoms with Gasteiger partial charge in [0.15, 0.2) is 11.0 Å². The average Bonchev–Trinajstić information content (AvgIpc) is 2.29. The predicted octanol–water partition coefficient (Wildman–Crippen LogP) is 1.45. The molecule has 1 fully saturated rings. The van der Waals surface area contributed by atoms with Crippen molar-refractivity contribution in [3.05, 3.63) is 0 Å². The minimum Gasteiger partial charge on any atom is -0.341 e. The summed E-state index contributed by atoms with van der Waals surface area (Å²) in [5.74, 6) is -0.811. The first-order valence-electron chi connectivity index (χ1n) is 4.93.